The number of hydrogen-bond donors (Lipinski definition) is 0. The monoisotopic (exact) mass is 240 g/mol. The van der Waals surface area contributed by atoms with Crippen molar-refractivity contribution in [3.05, 3.63) is 39.5 Å². The number of fused-ring (bicyclic) bond motifs is 1. The van der Waals surface area contributed by atoms with Crippen molar-refractivity contribution in [3.63, 3.8) is 0 Å². The number of pyridine rings is 2. The van der Waals surface area contributed by atoms with E-state index in [2.05, 4.69) is 4.98 Å². The lowest BCUT2D eigenvalue weighted by molar-refractivity contribution is 0.603. The molecule has 0 spiro atoms. The van der Waals surface area contributed by atoms with Crippen molar-refractivity contribution < 1.29 is 4.39 Å². The van der Waals surface area contributed by atoms with Crippen LogP contribution in [0.2, 0.25) is 5.15 Å². The Kier molecular flexibility index (Phi) is 2.68. The SMILES string of the molecule is CC(C)n1ccc(=O)c2cc(F)c(Cl)nc21. The highest BCUT2D eigenvalue weighted by Crippen LogP contribution is 2.18. The van der Waals surface area contributed by atoms with Crippen molar-refractivity contribution in [2.24, 2.45) is 0 Å². The van der Waals surface area contributed by atoms with E-state index in [4.69, 9.17) is 11.6 Å². The van der Waals surface area contributed by atoms with Gasteiger partial charge in [0.15, 0.2) is 16.4 Å². The van der Waals surface area contributed by atoms with Crippen LogP contribution >= 0.6 is 11.6 Å². The van der Waals surface area contributed by atoms with Gasteiger partial charge in [0.05, 0.1) is 5.39 Å². The predicted octanol–water partition coefficient (Wildman–Crippen LogP) is 2.77. The first kappa shape index (κ1) is 11.1. The van der Waals surface area contributed by atoms with E-state index in [1.165, 1.54) is 6.07 Å². The molecule has 0 radical (unpaired) electrons. The topological polar surface area (TPSA) is 34.9 Å². The third-order valence-electron chi connectivity index (χ3n) is 2.37. The highest BCUT2D eigenvalue weighted by molar-refractivity contribution is 6.29. The Balaban J connectivity index is 2.93. The molecule has 0 aromatic carbocycles. The van der Waals surface area contributed by atoms with Crippen LogP contribution in [-0.2, 0) is 0 Å². The summed E-state index contributed by atoms with van der Waals surface area (Å²) in [6.07, 6.45) is 1.64. The van der Waals surface area contributed by atoms with Crippen molar-refractivity contribution in [1.82, 2.24) is 9.55 Å². The van der Waals surface area contributed by atoms with Crippen LogP contribution in [0, 0.1) is 5.82 Å². The fourth-order valence-corrected chi connectivity index (χ4v) is 1.70. The van der Waals surface area contributed by atoms with Gasteiger partial charge in [-0.25, -0.2) is 9.37 Å². The molecule has 0 aliphatic heterocycles. The van der Waals surface area contributed by atoms with Crippen LogP contribution in [0.1, 0.15) is 19.9 Å². The summed E-state index contributed by atoms with van der Waals surface area (Å²) in [7, 11) is 0. The summed E-state index contributed by atoms with van der Waals surface area (Å²) in [6.45, 7) is 3.89. The van der Waals surface area contributed by atoms with Crippen molar-refractivity contribution in [1.29, 1.82) is 0 Å². The lowest BCUT2D eigenvalue weighted by Crippen LogP contribution is -2.11. The van der Waals surface area contributed by atoms with Gasteiger partial charge in [-0.15, -0.1) is 0 Å². The summed E-state index contributed by atoms with van der Waals surface area (Å²) in [5.41, 5.74) is 0.156. The molecule has 0 atom stereocenters. The third-order valence-corrected chi connectivity index (χ3v) is 2.63. The first-order valence-electron chi connectivity index (χ1n) is 4.87. The first-order valence-corrected chi connectivity index (χ1v) is 5.25. The van der Waals surface area contributed by atoms with E-state index in [-0.39, 0.29) is 22.0 Å². The number of hydrogen-bond acceptors (Lipinski definition) is 2. The standard InChI is InChI=1S/C11H10ClFN2O/c1-6(2)15-4-3-9(16)7-5-8(13)10(12)14-11(7)15/h3-6H,1-2H3. The van der Waals surface area contributed by atoms with E-state index in [0.717, 1.165) is 6.07 Å². The van der Waals surface area contributed by atoms with E-state index >= 15 is 0 Å². The molecule has 3 nitrogen and oxygen atoms in total. The summed E-state index contributed by atoms with van der Waals surface area (Å²) < 4.78 is 15.0. The molecule has 84 valence electrons. The van der Waals surface area contributed by atoms with Gasteiger partial charge in [-0.1, -0.05) is 11.6 Å². The van der Waals surface area contributed by atoms with Crippen LogP contribution in [0.5, 0.6) is 0 Å². The zero-order valence-electron chi connectivity index (χ0n) is 8.87. The molecule has 0 saturated heterocycles. The largest absolute Gasteiger partial charge is 0.330 e. The van der Waals surface area contributed by atoms with E-state index < -0.39 is 5.82 Å². The predicted molar refractivity (Wildman–Crippen MR) is 61.4 cm³/mol. The molecule has 16 heavy (non-hydrogen) atoms. The molecular weight excluding hydrogens is 231 g/mol. The van der Waals surface area contributed by atoms with Crippen LogP contribution in [0.4, 0.5) is 4.39 Å². The summed E-state index contributed by atoms with van der Waals surface area (Å²) in [6, 6.07) is 2.65. The molecule has 0 unspecified atom stereocenters. The second kappa shape index (κ2) is 3.87. The third kappa shape index (κ3) is 1.69. The summed E-state index contributed by atoms with van der Waals surface area (Å²) in [5, 5.41) is 0.0330. The first-order chi connectivity index (χ1) is 7.50. The Morgan fingerprint density at radius 1 is 1.50 bits per heavy atom. The van der Waals surface area contributed by atoms with Crippen LogP contribution in [-0.4, -0.2) is 9.55 Å². The fraction of sp³-hybridized carbons (Fsp3) is 0.273. The van der Waals surface area contributed by atoms with Crippen LogP contribution in [0.25, 0.3) is 11.0 Å². The van der Waals surface area contributed by atoms with Gasteiger partial charge >= 0.3 is 0 Å². The highest BCUT2D eigenvalue weighted by Gasteiger charge is 2.10. The molecule has 2 aromatic rings. The molecule has 2 rings (SSSR count). The number of rotatable bonds is 1. The van der Waals surface area contributed by atoms with Gasteiger partial charge in [-0.3, -0.25) is 4.79 Å². The van der Waals surface area contributed by atoms with E-state index in [1.54, 1.807) is 10.8 Å². The number of aromatic nitrogens is 2. The van der Waals surface area contributed by atoms with Gasteiger partial charge in [0.25, 0.3) is 0 Å². The molecule has 0 bridgehead atoms. The minimum absolute atomic E-state index is 0.122. The van der Waals surface area contributed by atoms with Gasteiger partial charge in [0.1, 0.15) is 5.65 Å². The molecule has 0 amide bonds. The van der Waals surface area contributed by atoms with Crippen molar-refractivity contribution in [2.45, 2.75) is 19.9 Å². The maximum Gasteiger partial charge on any atom is 0.191 e. The summed E-state index contributed by atoms with van der Waals surface area (Å²) in [5.74, 6) is -0.673. The number of halogens is 2. The minimum Gasteiger partial charge on any atom is -0.330 e. The molecule has 0 N–H and O–H groups in total. The second-order valence-electron chi connectivity index (χ2n) is 3.81. The Hall–Kier alpha value is -1.42. The number of nitrogens with zero attached hydrogens (tertiary/aromatic N) is 2. The van der Waals surface area contributed by atoms with E-state index in [0.29, 0.717) is 5.65 Å². The zero-order valence-corrected chi connectivity index (χ0v) is 9.62. The average molecular weight is 241 g/mol. The average Bonchev–Trinajstić information content (AvgIpc) is 2.21. The Bertz CT molecular complexity index is 607. The fourth-order valence-electron chi connectivity index (χ4n) is 1.56. The summed E-state index contributed by atoms with van der Waals surface area (Å²) >= 11 is 5.62. The normalized spacial score (nSPS) is 11.3. The van der Waals surface area contributed by atoms with Crippen molar-refractivity contribution in [3.8, 4) is 0 Å². The van der Waals surface area contributed by atoms with Gasteiger partial charge in [0.2, 0.25) is 0 Å². The van der Waals surface area contributed by atoms with Crippen molar-refractivity contribution in [2.75, 3.05) is 0 Å². The van der Waals surface area contributed by atoms with Gasteiger partial charge in [-0.05, 0) is 19.9 Å². The minimum atomic E-state index is -0.673. The Morgan fingerprint density at radius 2 is 2.19 bits per heavy atom. The molecule has 5 heteroatoms. The highest BCUT2D eigenvalue weighted by atomic mass is 35.5. The van der Waals surface area contributed by atoms with Gasteiger partial charge < -0.3 is 4.57 Å². The zero-order chi connectivity index (χ0) is 11.9. The van der Waals surface area contributed by atoms with Gasteiger partial charge in [-0.2, -0.15) is 0 Å². The lowest BCUT2D eigenvalue weighted by atomic mass is 10.2. The molecule has 2 aromatic heterocycles. The molecule has 0 aliphatic rings. The maximum absolute atomic E-state index is 13.2. The summed E-state index contributed by atoms with van der Waals surface area (Å²) in [4.78, 5) is 15.5. The lowest BCUT2D eigenvalue weighted by Gasteiger charge is -2.13. The smallest absolute Gasteiger partial charge is 0.191 e. The van der Waals surface area contributed by atoms with E-state index in [9.17, 15) is 9.18 Å². The van der Waals surface area contributed by atoms with Crippen LogP contribution in [0.3, 0.4) is 0 Å². The van der Waals surface area contributed by atoms with Crippen LogP contribution in [0.15, 0.2) is 23.1 Å². The van der Waals surface area contributed by atoms with Crippen LogP contribution < -0.4 is 5.43 Å². The van der Waals surface area contributed by atoms with Gasteiger partial charge in [0, 0.05) is 18.3 Å². The molecule has 0 aliphatic carbocycles. The molecule has 2 heterocycles. The second-order valence-corrected chi connectivity index (χ2v) is 4.17. The molecular formula is C11H10ClFN2O. The van der Waals surface area contributed by atoms with E-state index in [1.807, 2.05) is 13.8 Å². The van der Waals surface area contributed by atoms with Crippen molar-refractivity contribution >= 4 is 22.6 Å². The Labute approximate surface area is 96.5 Å². The quantitative estimate of drug-likeness (QED) is 0.719. The molecule has 0 saturated carbocycles. The Morgan fingerprint density at radius 3 is 2.81 bits per heavy atom. The maximum atomic E-state index is 13.2. The molecule has 0 fully saturated rings.